The number of carbonyl (C=O) groups is 2. The lowest BCUT2D eigenvalue weighted by molar-refractivity contribution is -0.138. The number of nitrogens with zero attached hydrogens (tertiary/aromatic N) is 1. The van der Waals surface area contributed by atoms with Crippen LogP contribution in [0.5, 0.6) is 5.75 Å². The van der Waals surface area contributed by atoms with Crippen molar-refractivity contribution in [2.24, 2.45) is 0 Å². The number of methoxy groups -OCH3 is 1. The summed E-state index contributed by atoms with van der Waals surface area (Å²) in [5.41, 5.74) is 0.139. The van der Waals surface area contributed by atoms with Crippen LogP contribution < -0.4 is 10.1 Å². The van der Waals surface area contributed by atoms with E-state index in [0.717, 1.165) is 0 Å². The maximum absolute atomic E-state index is 12.5. The number of hydrogen-bond donors (Lipinski definition) is 2. The summed E-state index contributed by atoms with van der Waals surface area (Å²) in [5.74, 6) is -0.820. The van der Waals surface area contributed by atoms with Crippen LogP contribution in [0.15, 0.2) is 34.9 Å². The number of carboxylic acids is 1. The summed E-state index contributed by atoms with van der Waals surface area (Å²) in [4.78, 5) is 23.9. The topological polar surface area (TPSA) is 102 Å². The van der Waals surface area contributed by atoms with Crippen LogP contribution in [0.1, 0.15) is 54.9 Å². The number of benzene rings is 1. The first-order chi connectivity index (χ1) is 11.7. The van der Waals surface area contributed by atoms with E-state index in [4.69, 9.17) is 9.26 Å². The minimum Gasteiger partial charge on any atom is -0.497 e. The number of amides is 1. The second-order valence-corrected chi connectivity index (χ2v) is 6.36. The van der Waals surface area contributed by atoms with E-state index in [1.54, 1.807) is 37.3 Å². The molecule has 0 saturated carbocycles. The predicted molar refractivity (Wildman–Crippen MR) is 90.7 cm³/mol. The van der Waals surface area contributed by atoms with E-state index >= 15 is 0 Å². The zero-order valence-electron chi connectivity index (χ0n) is 14.7. The first kappa shape index (κ1) is 18.5. The molecule has 0 aliphatic heterocycles. The summed E-state index contributed by atoms with van der Waals surface area (Å²) in [6, 6.07) is 8.49. The summed E-state index contributed by atoms with van der Waals surface area (Å²) in [5, 5.41) is 15.9. The van der Waals surface area contributed by atoms with E-state index in [9.17, 15) is 14.7 Å². The first-order valence-corrected chi connectivity index (χ1v) is 7.90. The van der Waals surface area contributed by atoms with Crippen LogP contribution >= 0.6 is 0 Å². The SMILES string of the molecule is COc1cccc(C(C)(CC(=O)O)NC(=O)c2cc(C(C)C)no2)c1. The Labute approximate surface area is 146 Å². The van der Waals surface area contributed by atoms with Gasteiger partial charge < -0.3 is 19.7 Å². The molecule has 0 bridgehead atoms. The molecule has 1 heterocycles. The Morgan fingerprint density at radius 2 is 2.08 bits per heavy atom. The molecule has 1 unspecified atom stereocenters. The molecule has 2 N–H and O–H groups in total. The third kappa shape index (κ3) is 4.37. The van der Waals surface area contributed by atoms with Crippen molar-refractivity contribution in [2.45, 2.75) is 38.6 Å². The summed E-state index contributed by atoms with van der Waals surface area (Å²) in [6.45, 7) is 5.52. The summed E-state index contributed by atoms with van der Waals surface area (Å²) in [7, 11) is 1.52. The van der Waals surface area contributed by atoms with Crippen LogP contribution in [0.3, 0.4) is 0 Å². The highest BCUT2D eigenvalue weighted by Gasteiger charge is 2.33. The molecule has 1 aromatic heterocycles. The maximum atomic E-state index is 12.5. The Morgan fingerprint density at radius 1 is 1.36 bits per heavy atom. The predicted octanol–water partition coefficient (Wildman–Crippen LogP) is 2.93. The van der Waals surface area contributed by atoms with Gasteiger partial charge in [-0.1, -0.05) is 31.1 Å². The van der Waals surface area contributed by atoms with Gasteiger partial charge >= 0.3 is 5.97 Å². The van der Waals surface area contributed by atoms with E-state index in [1.807, 2.05) is 13.8 Å². The van der Waals surface area contributed by atoms with E-state index in [0.29, 0.717) is 17.0 Å². The standard InChI is InChI=1S/C18H22N2O5/c1-11(2)14-9-15(25-20-14)17(23)19-18(3,10-16(21)22)12-6-5-7-13(8-12)24-4/h5-9,11H,10H2,1-4H3,(H,19,23)(H,21,22). The Hall–Kier alpha value is -2.83. The average Bonchev–Trinajstić information content (AvgIpc) is 3.04. The molecule has 2 rings (SSSR count). The van der Waals surface area contributed by atoms with Gasteiger partial charge in [0.2, 0.25) is 5.76 Å². The maximum Gasteiger partial charge on any atom is 0.306 e. The number of ether oxygens (including phenoxy) is 1. The molecule has 0 radical (unpaired) electrons. The molecule has 134 valence electrons. The Morgan fingerprint density at radius 3 is 2.64 bits per heavy atom. The van der Waals surface area contributed by atoms with Gasteiger partial charge in [0.1, 0.15) is 5.75 Å². The fourth-order valence-corrected chi connectivity index (χ4v) is 2.47. The normalized spacial score (nSPS) is 13.3. The van der Waals surface area contributed by atoms with Crippen molar-refractivity contribution < 1.29 is 24.0 Å². The van der Waals surface area contributed by atoms with Gasteiger partial charge in [-0.25, -0.2) is 0 Å². The molecule has 1 amide bonds. The van der Waals surface area contributed by atoms with Gasteiger partial charge in [0.25, 0.3) is 5.91 Å². The average molecular weight is 346 g/mol. The number of carbonyl (C=O) groups excluding carboxylic acids is 1. The molecule has 7 heteroatoms. The summed E-state index contributed by atoms with van der Waals surface area (Å²) in [6.07, 6.45) is -0.295. The van der Waals surface area contributed by atoms with Crippen LogP contribution in [-0.4, -0.2) is 29.2 Å². The second kappa shape index (κ2) is 7.38. The van der Waals surface area contributed by atoms with Crippen LogP contribution in [0.25, 0.3) is 0 Å². The summed E-state index contributed by atoms with van der Waals surface area (Å²) < 4.78 is 10.3. The van der Waals surface area contributed by atoms with E-state index < -0.39 is 17.4 Å². The van der Waals surface area contributed by atoms with Crippen LogP contribution in [0.2, 0.25) is 0 Å². The minimum absolute atomic E-state index is 0.0446. The molecule has 0 spiro atoms. The molecular weight excluding hydrogens is 324 g/mol. The molecule has 0 aliphatic rings. The zero-order valence-corrected chi connectivity index (χ0v) is 14.7. The molecule has 2 aromatic rings. The Balaban J connectivity index is 2.32. The van der Waals surface area contributed by atoms with Crippen molar-refractivity contribution in [2.75, 3.05) is 7.11 Å². The van der Waals surface area contributed by atoms with Crippen molar-refractivity contribution in [1.29, 1.82) is 0 Å². The number of hydrogen-bond acceptors (Lipinski definition) is 5. The first-order valence-electron chi connectivity index (χ1n) is 7.90. The van der Waals surface area contributed by atoms with E-state index in [2.05, 4.69) is 10.5 Å². The zero-order chi connectivity index (χ0) is 18.6. The molecule has 0 saturated heterocycles. The summed E-state index contributed by atoms with van der Waals surface area (Å²) >= 11 is 0. The Bertz CT molecular complexity index is 768. The van der Waals surface area contributed by atoms with Gasteiger partial charge in [-0.2, -0.15) is 0 Å². The quantitative estimate of drug-likeness (QED) is 0.799. The number of aromatic nitrogens is 1. The monoisotopic (exact) mass is 346 g/mol. The molecule has 0 aliphatic carbocycles. The smallest absolute Gasteiger partial charge is 0.306 e. The largest absolute Gasteiger partial charge is 0.497 e. The lowest BCUT2D eigenvalue weighted by Crippen LogP contribution is -2.45. The Kier molecular flexibility index (Phi) is 5.46. The molecular formula is C18H22N2O5. The molecule has 1 aromatic carbocycles. The number of aliphatic carboxylic acids is 1. The van der Waals surface area contributed by atoms with Crippen molar-refractivity contribution in [1.82, 2.24) is 10.5 Å². The van der Waals surface area contributed by atoms with Gasteiger partial charge in [0.05, 0.1) is 24.8 Å². The third-order valence-corrected chi connectivity index (χ3v) is 3.94. The highest BCUT2D eigenvalue weighted by Crippen LogP contribution is 2.28. The van der Waals surface area contributed by atoms with E-state index in [1.165, 1.54) is 7.11 Å². The van der Waals surface area contributed by atoms with E-state index in [-0.39, 0.29) is 18.1 Å². The van der Waals surface area contributed by atoms with Gasteiger partial charge in [-0.15, -0.1) is 0 Å². The van der Waals surface area contributed by atoms with Gasteiger partial charge in [-0.05, 0) is 30.5 Å². The van der Waals surface area contributed by atoms with Gasteiger partial charge in [0, 0.05) is 6.07 Å². The fourth-order valence-electron chi connectivity index (χ4n) is 2.47. The fraction of sp³-hybridized carbons (Fsp3) is 0.389. The van der Waals surface area contributed by atoms with Crippen molar-refractivity contribution >= 4 is 11.9 Å². The molecule has 1 atom stereocenters. The lowest BCUT2D eigenvalue weighted by Gasteiger charge is -2.29. The minimum atomic E-state index is -1.14. The molecule has 25 heavy (non-hydrogen) atoms. The van der Waals surface area contributed by atoms with Crippen molar-refractivity contribution in [3.63, 3.8) is 0 Å². The molecule has 0 fully saturated rings. The highest BCUT2D eigenvalue weighted by molar-refractivity contribution is 5.92. The van der Waals surface area contributed by atoms with Gasteiger partial charge in [0.15, 0.2) is 0 Å². The van der Waals surface area contributed by atoms with Crippen LogP contribution in [-0.2, 0) is 10.3 Å². The number of carboxylic acid groups (broad SMARTS) is 1. The highest BCUT2D eigenvalue weighted by atomic mass is 16.5. The molecule has 7 nitrogen and oxygen atoms in total. The van der Waals surface area contributed by atoms with Crippen molar-refractivity contribution in [3.8, 4) is 5.75 Å². The van der Waals surface area contributed by atoms with Crippen LogP contribution in [0.4, 0.5) is 0 Å². The number of rotatable bonds is 7. The van der Waals surface area contributed by atoms with Gasteiger partial charge in [-0.3, -0.25) is 9.59 Å². The van der Waals surface area contributed by atoms with Crippen molar-refractivity contribution in [3.05, 3.63) is 47.3 Å². The third-order valence-electron chi connectivity index (χ3n) is 3.94. The van der Waals surface area contributed by atoms with Crippen LogP contribution in [0, 0.1) is 0 Å². The lowest BCUT2D eigenvalue weighted by atomic mass is 9.88. The second-order valence-electron chi connectivity index (χ2n) is 6.36. The number of nitrogens with one attached hydrogen (secondary N) is 1.